The fraction of sp³-hybridized carbons (Fsp3) is 0.538. The molecule has 2 atom stereocenters. The summed E-state index contributed by atoms with van der Waals surface area (Å²) in [7, 11) is 1.68. The van der Waals surface area contributed by atoms with Crippen LogP contribution in [0.25, 0.3) is 0 Å². The second kappa shape index (κ2) is 4.44. The first-order valence-corrected chi connectivity index (χ1v) is 5.66. The van der Waals surface area contributed by atoms with Crippen molar-refractivity contribution in [3.63, 3.8) is 0 Å². The molecule has 2 unspecified atom stereocenters. The molecule has 3 heteroatoms. The van der Waals surface area contributed by atoms with Crippen molar-refractivity contribution in [2.75, 3.05) is 13.7 Å². The molecule has 1 aromatic carbocycles. The minimum Gasteiger partial charge on any atom is -0.497 e. The molecule has 1 aliphatic heterocycles. The van der Waals surface area contributed by atoms with Crippen molar-refractivity contribution in [1.29, 1.82) is 0 Å². The second-order valence-corrected chi connectivity index (χ2v) is 4.61. The molecule has 0 spiro atoms. The molecule has 0 aliphatic carbocycles. The van der Waals surface area contributed by atoms with Crippen molar-refractivity contribution in [2.24, 2.45) is 0 Å². The van der Waals surface area contributed by atoms with Gasteiger partial charge < -0.3 is 9.47 Å². The third-order valence-electron chi connectivity index (χ3n) is 2.90. The zero-order chi connectivity index (χ0) is 11.6. The summed E-state index contributed by atoms with van der Waals surface area (Å²) in [5.41, 5.74) is 1.03. The summed E-state index contributed by atoms with van der Waals surface area (Å²) < 4.78 is 10.9. The molecule has 0 amide bonds. The Bertz CT molecular complexity index is 349. The van der Waals surface area contributed by atoms with Crippen LogP contribution in [0.4, 0.5) is 0 Å². The van der Waals surface area contributed by atoms with Gasteiger partial charge in [-0.15, -0.1) is 0 Å². The van der Waals surface area contributed by atoms with Gasteiger partial charge in [-0.3, -0.25) is 5.32 Å². The number of methoxy groups -OCH3 is 1. The molecule has 0 radical (unpaired) electrons. The van der Waals surface area contributed by atoms with Gasteiger partial charge in [0, 0.05) is 12.5 Å². The van der Waals surface area contributed by atoms with E-state index < -0.39 is 0 Å². The fourth-order valence-electron chi connectivity index (χ4n) is 2.15. The van der Waals surface area contributed by atoms with Crippen LogP contribution < -0.4 is 10.1 Å². The molecule has 1 N–H and O–H groups in total. The van der Waals surface area contributed by atoms with Gasteiger partial charge in [0.2, 0.25) is 0 Å². The summed E-state index contributed by atoms with van der Waals surface area (Å²) in [5.74, 6) is 0.891. The van der Waals surface area contributed by atoms with E-state index in [4.69, 9.17) is 9.47 Å². The molecule has 1 heterocycles. The highest BCUT2D eigenvalue weighted by molar-refractivity contribution is 5.28. The fourth-order valence-corrected chi connectivity index (χ4v) is 2.15. The van der Waals surface area contributed by atoms with Gasteiger partial charge in [-0.25, -0.2) is 0 Å². The topological polar surface area (TPSA) is 30.5 Å². The van der Waals surface area contributed by atoms with Crippen LogP contribution in [-0.2, 0) is 11.2 Å². The lowest BCUT2D eigenvalue weighted by Crippen LogP contribution is -2.42. The van der Waals surface area contributed by atoms with E-state index >= 15 is 0 Å². The van der Waals surface area contributed by atoms with E-state index in [2.05, 4.69) is 31.3 Å². The van der Waals surface area contributed by atoms with Crippen molar-refractivity contribution in [1.82, 2.24) is 5.32 Å². The number of rotatable bonds is 3. The maximum absolute atomic E-state index is 5.77. The predicted octanol–water partition coefficient (Wildman–Crippen LogP) is 1.96. The Morgan fingerprint density at radius 1 is 1.44 bits per heavy atom. The summed E-state index contributed by atoms with van der Waals surface area (Å²) in [6.07, 6.45) is 0.876. The molecule has 1 fully saturated rings. The number of hydrogen-bond acceptors (Lipinski definition) is 3. The highest BCUT2D eigenvalue weighted by atomic mass is 16.5. The molecular formula is C13H19NO2. The van der Waals surface area contributed by atoms with Gasteiger partial charge in [0.25, 0.3) is 0 Å². The molecule has 2 rings (SSSR count). The Labute approximate surface area is 96.8 Å². The summed E-state index contributed by atoms with van der Waals surface area (Å²) in [6.45, 7) is 5.02. The van der Waals surface area contributed by atoms with E-state index in [0.29, 0.717) is 6.04 Å². The summed E-state index contributed by atoms with van der Waals surface area (Å²) >= 11 is 0. The SMILES string of the molecule is COc1ccc(CC2(C)NC(C)CO2)cc1. The number of hydrogen-bond donors (Lipinski definition) is 1. The minimum atomic E-state index is -0.228. The molecule has 3 nitrogen and oxygen atoms in total. The van der Waals surface area contributed by atoms with Crippen LogP contribution in [0.2, 0.25) is 0 Å². The van der Waals surface area contributed by atoms with Crippen LogP contribution in [0.1, 0.15) is 19.4 Å². The van der Waals surface area contributed by atoms with Crippen LogP contribution in [0.3, 0.4) is 0 Å². The van der Waals surface area contributed by atoms with Gasteiger partial charge in [-0.05, 0) is 31.5 Å². The normalized spacial score (nSPS) is 29.3. The largest absolute Gasteiger partial charge is 0.497 e. The highest BCUT2D eigenvalue weighted by Gasteiger charge is 2.33. The lowest BCUT2D eigenvalue weighted by Gasteiger charge is -2.24. The van der Waals surface area contributed by atoms with Crippen molar-refractivity contribution < 1.29 is 9.47 Å². The van der Waals surface area contributed by atoms with Gasteiger partial charge in [-0.2, -0.15) is 0 Å². The lowest BCUT2D eigenvalue weighted by molar-refractivity contribution is 0.00689. The Morgan fingerprint density at radius 2 is 2.12 bits per heavy atom. The van der Waals surface area contributed by atoms with E-state index in [1.807, 2.05) is 12.1 Å². The molecule has 16 heavy (non-hydrogen) atoms. The molecule has 1 aromatic rings. The van der Waals surface area contributed by atoms with E-state index in [-0.39, 0.29) is 5.72 Å². The first kappa shape index (κ1) is 11.4. The van der Waals surface area contributed by atoms with Gasteiger partial charge in [-0.1, -0.05) is 12.1 Å². The summed E-state index contributed by atoms with van der Waals surface area (Å²) in [6, 6.07) is 8.56. The second-order valence-electron chi connectivity index (χ2n) is 4.61. The smallest absolute Gasteiger partial charge is 0.120 e. The van der Waals surface area contributed by atoms with Crippen LogP contribution in [0.5, 0.6) is 5.75 Å². The molecular weight excluding hydrogens is 202 g/mol. The molecule has 0 saturated carbocycles. The Kier molecular flexibility index (Phi) is 3.17. The van der Waals surface area contributed by atoms with Crippen LogP contribution in [0.15, 0.2) is 24.3 Å². The van der Waals surface area contributed by atoms with Crippen molar-refractivity contribution >= 4 is 0 Å². The standard InChI is InChI=1S/C13H19NO2/c1-10-9-16-13(2,14-10)8-11-4-6-12(15-3)7-5-11/h4-7,10,14H,8-9H2,1-3H3. The van der Waals surface area contributed by atoms with E-state index in [1.54, 1.807) is 7.11 Å². The average Bonchev–Trinajstić information content (AvgIpc) is 2.59. The Hall–Kier alpha value is -1.06. The summed E-state index contributed by atoms with van der Waals surface area (Å²) in [5, 5.41) is 3.45. The number of ether oxygens (including phenoxy) is 2. The maximum Gasteiger partial charge on any atom is 0.120 e. The number of benzene rings is 1. The first-order chi connectivity index (χ1) is 7.61. The predicted molar refractivity (Wildman–Crippen MR) is 63.7 cm³/mol. The third-order valence-corrected chi connectivity index (χ3v) is 2.90. The number of nitrogens with one attached hydrogen (secondary N) is 1. The van der Waals surface area contributed by atoms with E-state index in [1.165, 1.54) is 5.56 Å². The highest BCUT2D eigenvalue weighted by Crippen LogP contribution is 2.22. The first-order valence-electron chi connectivity index (χ1n) is 5.66. The average molecular weight is 221 g/mol. The van der Waals surface area contributed by atoms with Gasteiger partial charge in [0.1, 0.15) is 11.5 Å². The quantitative estimate of drug-likeness (QED) is 0.846. The molecule has 1 saturated heterocycles. The lowest BCUT2D eigenvalue weighted by atomic mass is 10.0. The van der Waals surface area contributed by atoms with Crippen LogP contribution in [0, 0.1) is 0 Å². The van der Waals surface area contributed by atoms with E-state index in [0.717, 1.165) is 18.8 Å². The van der Waals surface area contributed by atoms with E-state index in [9.17, 15) is 0 Å². The Balaban J connectivity index is 2.03. The zero-order valence-corrected chi connectivity index (χ0v) is 10.1. The molecule has 88 valence electrons. The van der Waals surface area contributed by atoms with Gasteiger partial charge in [0.15, 0.2) is 0 Å². The van der Waals surface area contributed by atoms with Crippen LogP contribution >= 0.6 is 0 Å². The molecule has 1 aliphatic rings. The molecule has 0 bridgehead atoms. The molecule has 0 aromatic heterocycles. The van der Waals surface area contributed by atoms with Gasteiger partial charge in [0.05, 0.1) is 13.7 Å². The maximum atomic E-state index is 5.77. The minimum absolute atomic E-state index is 0.228. The van der Waals surface area contributed by atoms with Gasteiger partial charge >= 0.3 is 0 Å². The Morgan fingerprint density at radius 3 is 2.62 bits per heavy atom. The van der Waals surface area contributed by atoms with Crippen molar-refractivity contribution in [3.8, 4) is 5.75 Å². The summed E-state index contributed by atoms with van der Waals surface area (Å²) in [4.78, 5) is 0. The van der Waals surface area contributed by atoms with Crippen LogP contribution in [-0.4, -0.2) is 25.5 Å². The third kappa shape index (κ3) is 2.54. The van der Waals surface area contributed by atoms with Crippen molar-refractivity contribution in [2.45, 2.75) is 32.0 Å². The van der Waals surface area contributed by atoms with Crippen molar-refractivity contribution in [3.05, 3.63) is 29.8 Å². The zero-order valence-electron chi connectivity index (χ0n) is 10.1. The monoisotopic (exact) mass is 221 g/mol.